The van der Waals surface area contributed by atoms with Crippen LogP contribution in [0.15, 0.2) is 24.3 Å². The van der Waals surface area contributed by atoms with Crippen molar-refractivity contribution in [1.29, 1.82) is 0 Å². The van der Waals surface area contributed by atoms with E-state index in [0.717, 1.165) is 38.8 Å². The molecule has 0 bridgehead atoms. The van der Waals surface area contributed by atoms with E-state index in [1.165, 1.54) is 11.1 Å². The molecule has 2 aliphatic rings. The third-order valence-electron chi connectivity index (χ3n) is 4.62. The van der Waals surface area contributed by atoms with Crippen LogP contribution >= 0.6 is 0 Å². The van der Waals surface area contributed by atoms with Crippen LogP contribution < -0.4 is 5.32 Å². The number of hydrogen-bond donors (Lipinski definition) is 1. The number of carbonyl (C=O) groups is 1. The van der Waals surface area contributed by atoms with E-state index in [2.05, 4.69) is 34.5 Å². The Kier molecular flexibility index (Phi) is 3.56. The largest absolute Gasteiger partial charge is 0.342 e. The third-order valence-corrected chi connectivity index (χ3v) is 4.62. The van der Waals surface area contributed by atoms with Crippen LogP contribution in [0.2, 0.25) is 0 Å². The van der Waals surface area contributed by atoms with Gasteiger partial charge in [-0.25, -0.2) is 0 Å². The number of hydrogen-bond acceptors (Lipinski definition) is 2. The van der Waals surface area contributed by atoms with Crippen molar-refractivity contribution in [3.63, 3.8) is 0 Å². The topological polar surface area (TPSA) is 32.3 Å². The lowest BCUT2D eigenvalue weighted by atomic mass is 10.0. The molecule has 0 aromatic heterocycles. The van der Waals surface area contributed by atoms with Gasteiger partial charge in [0, 0.05) is 25.0 Å². The molecule has 1 heterocycles. The van der Waals surface area contributed by atoms with E-state index in [-0.39, 0.29) is 5.92 Å². The van der Waals surface area contributed by atoms with E-state index < -0.39 is 0 Å². The SMILES string of the molecule is CNC1CCN(C(=O)C2Cc3ccccc3C2)CC1. The maximum atomic E-state index is 12.6. The van der Waals surface area contributed by atoms with Crippen molar-refractivity contribution in [3.8, 4) is 0 Å². The zero-order chi connectivity index (χ0) is 13.2. The highest BCUT2D eigenvalue weighted by Crippen LogP contribution is 2.28. The van der Waals surface area contributed by atoms with Gasteiger partial charge in [-0.3, -0.25) is 4.79 Å². The molecule has 0 unspecified atom stereocenters. The Labute approximate surface area is 115 Å². The summed E-state index contributed by atoms with van der Waals surface area (Å²) in [5.41, 5.74) is 2.73. The summed E-state index contributed by atoms with van der Waals surface area (Å²) in [7, 11) is 2.01. The number of nitrogens with one attached hydrogen (secondary N) is 1. The van der Waals surface area contributed by atoms with Gasteiger partial charge in [0.2, 0.25) is 5.91 Å². The van der Waals surface area contributed by atoms with Gasteiger partial charge in [0.15, 0.2) is 0 Å². The van der Waals surface area contributed by atoms with Crippen LogP contribution in [-0.4, -0.2) is 37.0 Å². The molecule has 19 heavy (non-hydrogen) atoms. The minimum absolute atomic E-state index is 0.184. The molecule has 3 heteroatoms. The molecule has 0 atom stereocenters. The molecule has 1 aromatic carbocycles. The molecule has 1 saturated heterocycles. The molecular weight excluding hydrogens is 236 g/mol. The molecule has 1 aromatic rings. The summed E-state index contributed by atoms with van der Waals surface area (Å²) in [6, 6.07) is 9.06. The maximum absolute atomic E-state index is 12.6. The molecule has 3 rings (SSSR count). The fraction of sp³-hybridized carbons (Fsp3) is 0.562. The number of amides is 1. The summed E-state index contributed by atoms with van der Waals surface area (Å²) in [6.45, 7) is 1.83. The van der Waals surface area contributed by atoms with Gasteiger partial charge in [-0.05, 0) is 43.9 Å². The first-order valence-electron chi connectivity index (χ1n) is 7.30. The molecule has 3 nitrogen and oxygen atoms in total. The summed E-state index contributed by atoms with van der Waals surface area (Å²) in [5, 5.41) is 3.31. The number of fused-ring (bicyclic) bond motifs is 1. The van der Waals surface area contributed by atoms with Gasteiger partial charge < -0.3 is 10.2 Å². The van der Waals surface area contributed by atoms with Gasteiger partial charge in [0.05, 0.1) is 0 Å². The lowest BCUT2D eigenvalue weighted by Gasteiger charge is -2.33. The third kappa shape index (κ3) is 2.52. The first kappa shape index (κ1) is 12.7. The number of piperidine rings is 1. The molecule has 1 N–H and O–H groups in total. The summed E-state index contributed by atoms with van der Waals surface area (Å²) < 4.78 is 0. The van der Waals surface area contributed by atoms with Crippen molar-refractivity contribution in [3.05, 3.63) is 35.4 Å². The number of rotatable bonds is 2. The van der Waals surface area contributed by atoms with Crippen molar-refractivity contribution in [1.82, 2.24) is 10.2 Å². The first-order chi connectivity index (χ1) is 9.28. The quantitative estimate of drug-likeness (QED) is 0.874. The molecule has 1 aliphatic carbocycles. The van der Waals surface area contributed by atoms with Gasteiger partial charge in [-0.1, -0.05) is 24.3 Å². The Morgan fingerprint density at radius 1 is 1.16 bits per heavy atom. The highest BCUT2D eigenvalue weighted by atomic mass is 16.2. The second-order valence-corrected chi connectivity index (χ2v) is 5.76. The number of likely N-dealkylation sites (tertiary alicyclic amines) is 1. The maximum Gasteiger partial charge on any atom is 0.226 e. The molecule has 0 saturated carbocycles. The summed E-state index contributed by atoms with van der Waals surface area (Å²) in [6.07, 6.45) is 4.03. The van der Waals surface area contributed by atoms with Crippen LogP contribution in [-0.2, 0) is 17.6 Å². The standard InChI is InChI=1S/C16H22N2O/c1-17-15-6-8-18(9-7-15)16(19)14-10-12-4-2-3-5-13(12)11-14/h2-5,14-15,17H,6-11H2,1H3. The van der Waals surface area contributed by atoms with Gasteiger partial charge in [0.1, 0.15) is 0 Å². The van der Waals surface area contributed by atoms with Crippen LogP contribution in [0.5, 0.6) is 0 Å². The monoisotopic (exact) mass is 258 g/mol. The van der Waals surface area contributed by atoms with Crippen molar-refractivity contribution in [2.45, 2.75) is 31.7 Å². The first-order valence-corrected chi connectivity index (χ1v) is 7.30. The van der Waals surface area contributed by atoms with Gasteiger partial charge in [-0.2, -0.15) is 0 Å². The summed E-state index contributed by atoms with van der Waals surface area (Å²) in [5.74, 6) is 0.550. The van der Waals surface area contributed by atoms with E-state index >= 15 is 0 Å². The van der Waals surface area contributed by atoms with Crippen molar-refractivity contribution in [2.75, 3.05) is 20.1 Å². The fourth-order valence-electron chi connectivity index (χ4n) is 3.38. The highest BCUT2D eigenvalue weighted by molar-refractivity contribution is 5.80. The molecule has 0 radical (unpaired) electrons. The van der Waals surface area contributed by atoms with Gasteiger partial charge >= 0.3 is 0 Å². The highest BCUT2D eigenvalue weighted by Gasteiger charge is 2.31. The number of benzene rings is 1. The van der Waals surface area contributed by atoms with Gasteiger partial charge in [-0.15, -0.1) is 0 Å². The van der Waals surface area contributed by atoms with Crippen molar-refractivity contribution >= 4 is 5.91 Å². The van der Waals surface area contributed by atoms with E-state index in [4.69, 9.17) is 0 Å². The zero-order valence-electron chi connectivity index (χ0n) is 11.6. The van der Waals surface area contributed by atoms with E-state index in [1.54, 1.807) is 0 Å². The molecular formula is C16H22N2O. The average Bonchev–Trinajstić information content (AvgIpc) is 2.90. The lowest BCUT2D eigenvalue weighted by molar-refractivity contribution is -0.136. The predicted molar refractivity (Wildman–Crippen MR) is 76.0 cm³/mol. The van der Waals surface area contributed by atoms with Crippen LogP contribution in [0.3, 0.4) is 0 Å². The van der Waals surface area contributed by atoms with Crippen LogP contribution in [0.1, 0.15) is 24.0 Å². The predicted octanol–water partition coefficient (Wildman–Crippen LogP) is 1.61. The number of carbonyl (C=O) groups excluding carboxylic acids is 1. The second kappa shape index (κ2) is 5.33. The number of nitrogens with zero attached hydrogens (tertiary/aromatic N) is 1. The Morgan fingerprint density at radius 2 is 1.74 bits per heavy atom. The Balaban J connectivity index is 1.61. The normalized spacial score (nSPS) is 20.6. The molecule has 1 fully saturated rings. The van der Waals surface area contributed by atoms with E-state index in [0.29, 0.717) is 11.9 Å². The van der Waals surface area contributed by atoms with Crippen LogP contribution in [0.4, 0.5) is 0 Å². The minimum atomic E-state index is 0.184. The zero-order valence-corrected chi connectivity index (χ0v) is 11.6. The lowest BCUT2D eigenvalue weighted by Crippen LogP contribution is -2.46. The van der Waals surface area contributed by atoms with E-state index in [1.807, 2.05) is 7.05 Å². The molecule has 1 amide bonds. The Morgan fingerprint density at radius 3 is 2.26 bits per heavy atom. The fourth-order valence-corrected chi connectivity index (χ4v) is 3.38. The Hall–Kier alpha value is -1.35. The second-order valence-electron chi connectivity index (χ2n) is 5.76. The smallest absolute Gasteiger partial charge is 0.226 e. The summed E-state index contributed by atoms with van der Waals surface area (Å²) in [4.78, 5) is 14.6. The minimum Gasteiger partial charge on any atom is -0.342 e. The molecule has 102 valence electrons. The molecule has 1 aliphatic heterocycles. The average molecular weight is 258 g/mol. The van der Waals surface area contributed by atoms with Gasteiger partial charge in [0.25, 0.3) is 0 Å². The van der Waals surface area contributed by atoms with Crippen LogP contribution in [0.25, 0.3) is 0 Å². The van der Waals surface area contributed by atoms with Crippen molar-refractivity contribution < 1.29 is 4.79 Å². The van der Waals surface area contributed by atoms with E-state index in [9.17, 15) is 4.79 Å². The summed E-state index contributed by atoms with van der Waals surface area (Å²) >= 11 is 0. The Bertz CT molecular complexity index is 439. The van der Waals surface area contributed by atoms with Crippen molar-refractivity contribution in [2.24, 2.45) is 5.92 Å². The van der Waals surface area contributed by atoms with Crippen LogP contribution in [0, 0.1) is 5.92 Å². The molecule has 0 spiro atoms.